The van der Waals surface area contributed by atoms with Crippen molar-refractivity contribution in [1.29, 1.82) is 0 Å². The molecule has 3 nitrogen and oxygen atoms in total. The number of benzene rings is 1. The van der Waals surface area contributed by atoms with E-state index in [4.69, 9.17) is 4.42 Å². The molecule has 0 spiro atoms. The maximum atomic E-state index is 11.6. The Hall–Kier alpha value is -1.55. The summed E-state index contributed by atoms with van der Waals surface area (Å²) in [4.78, 5) is 11.6. The Bertz CT molecular complexity index is 477. The summed E-state index contributed by atoms with van der Waals surface area (Å²) in [6.07, 6.45) is 2.92. The Kier molecular flexibility index (Phi) is 3.98. The van der Waals surface area contributed by atoms with Crippen LogP contribution >= 0.6 is 15.9 Å². The number of nitrogens with one attached hydrogen (secondary N) is 1. The van der Waals surface area contributed by atoms with E-state index in [-0.39, 0.29) is 5.91 Å². The minimum Gasteiger partial charge on any atom is -0.472 e. The van der Waals surface area contributed by atoms with Gasteiger partial charge in [-0.3, -0.25) is 4.79 Å². The van der Waals surface area contributed by atoms with Gasteiger partial charge in [-0.05, 0) is 17.2 Å². The average molecular weight is 294 g/mol. The Balaban J connectivity index is 1.91. The minimum absolute atomic E-state index is 0.122. The fraction of sp³-hybridized carbons (Fsp3) is 0.154. The number of amides is 1. The zero-order valence-corrected chi connectivity index (χ0v) is 10.7. The summed E-state index contributed by atoms with van der Waals surface area (Å²) in [5.41, 5.74) is 2.84. The molecule has 88 valence electrons. The third-order valence-corrected chi connectivity index (χ3v) is 3.06. The second-order valence-electron chi connectivity index (χ2n) is 3.64. The molecule has 1 heterocycles. The molecule has 17 heavy (non-hydrogen) atoms. The molecule has 1 aromatic heterocycles. The molecule has 1 amide bonds. The summed E-state index contributed by atoms with van der Waals surface area (Å²) < 4.78 is 4.85. The van der Waals surface area contributed by atoms with Crippen molar-refractivity contribution < 1.29 is 9.21 Å². The van der Waals surface area contributed by atoms with Crippen molar-refractivity contribution in [2.75, 3.05) is 0 Å². The lowest BCUT2D eigenvalue weighted by atomic mass is 10.1. The fourth-order valence-corrected chi connectivity index (χ4v) is 1.80. The highest BCUT2D eigenvalue weighted by atomic mass is 79.9. The van der Waals surface area contributed by atoms with Crippen LogP contribution in [0.1, 0.15) is 21.5 Å². The number of halogens is 1. The summed E-state index contributed by atoms with van der Waals surface area (Å²) in [6.45, 7) is 0.520. The van der Waals surface area contributed by atoms with Gasteiger partial charge in [-0.2, -0.15) is 0 Å². The van der Waals surface area contributed by atoms with Gasteiger partial charge in [-0.1, -0.05) is 40.2 Å². The maximum absolute atomic E-state index is 11.6. The van der Waals surface area contributed by atoms with Crippen molar-refractivity contribution in [3.8, 4) is 0 Å². The topological polar surface area (TPSA) is 42.2 Å². The van der Waals surface area contributed by atoms with Crippen LogP contribution in [0.4, 0.5) is 0 Å². The number of carbonyl (C=O) groups excluding carboxylic acids is 1. The molecule has 0 saturated carbocycles. The second-order valence-corrected chi connectivity index (χ2v) is 4.21. The average Bonchev–Trinajstić information content (AvgIpc) is 2.90. The Morgan fingerprint density at radius 2 is 1.88 bits per heavy atom. The van der Waals surface area contributed by atoms with Crippen LogP contribution in [0.15, 0.2) is 47.3 Å². The highest BCUT2D eigenvalue weighted by Gasteiger charge is 2.05. The highest BCUT2D eigenvalue weighted by molar-refractivity contribution is 9.08. The standard InChI is InChI=1S/C13H12BrNO2/c14-7-10-1-3-11(4-2-10)8-15-13(16)12-5-6-17-9-12/h1-6,9H,7-8H2,(H,15,16). The van der Waals surface area contributed by atoms with Crippen LogP contribution in [0.25, 0.3) is 0 Å². The molecule has 1 aromatic carbocycles. The summed E-state index contributed by atoms with van der Waals surface area (Å²) >= 11 is 3.39. The maximum Gasteiger partial charge on any atom is 0.254 e. The van der Waals surface area contributed by atoms with Crippen LogP contribution in [-0.4, -0.2) is 5.91 Å². The van der Waals surface area contributed by atoms with E-state index in [0.717, 1.165) is 10.9 Å². The Morgan fingerprint density at radius 1 is 1.18 bits per heavy atom. The first-order chi connectivity index (χ1) is 8.29. The van der Waals surface area contributed by atoms with Crippen molar-refractivity contribution >= 4 is 21.8 Å². The quantitative estimate of drug-likeness (QED) is 0.880. The van der Waals surface area contributed by atoms with E-state index in [1.54, 1.807) is 6.07 Å². The minimum atomic E-state index is -0.122. The molecule has 0 saturated heterocycles. The summed E-state index contributed by atoms with van der Waals surface area (Å²) in [5, 5.41) is 3.67. The SMILES string of the molecule is O=C(NCc1ccc(CBr)cc1)c1ccoc1. The van der Waals surface area contributed by atoms with E-state index in [9.17, 15) is 4.79 Å². The van der Waals surface area contributed by atoms with Gasteiger partial charge >= 0.3 is 0 Å². The smallest absolute Gasteiger partial charge is 0.254 e. The number of hydrogen-bond acceptors (Lipinski definition) is 2. The van der Waals surface area contributed by atoms with Gasteiger partial charge in [0.1, 0.15) is 6.26 Å². The molecule has 0 aliphatic carbocycles. The molecule has 0 atom stereocenters. The van der Waals surface area contributed by atoms with Crippen LogP contribution < -0.4 is 5.32 Å². The third-order valence-electron chi connectivity index (χ3n) is 2.41. The van der Waals surface area contributed by atoms with Crippen molar-refractivity contribution in [2.24, 2.45) is 0 Å². The first-order valence-electron chi connectivity index (χ1n) is 5.24. The van der Waals surface area contributed by atoms with Crippen LogP contribution in [0.5, 0.6) is 0 Å². The molecule has 0 bridgehead atoms. The zero-order valence-electron chi connectivity index (χ0n) is 9.15. The summed E-state index contributed by atoms with van der Waals surface area (Å²) in [6, 6.07) is 9.73. The number of rotatable bonds is 4. The molecule has 0 aliphatic rings. The van der Waals surface area contributed by atoms with Crippen molar-refractivity contribution in [2.45, 2.75) is 11.9 Å². The van der Waals surface area contributed by atoms with Crippen molar-refractivity contribution in [3.05, 3.63) is 59.5 Å². The van der Waals surface area contributed by atoms with Gasteiger partial charge in [0, 0.05) is 11.9 Å². The zero-order chi connectivity index (χ0) is 12.1. The lowest BCUT2D eigenvalue weighted by Gasteiger charge is -2.04. The molecular formula is C13H12BrNO2. The lowest BCUT2D eigenvalue weighted by molar-refractivity contribution is 0.0950. The molecule has 0 aliphatic heterocycles. The molecule has 2 rings (SSSR count). The van der Waals surface area contributed by atoms with Gasteiger partial charge in [0.2, 0.25) is 0 Å². The lowest BCUT2D eigenvalue weighted by Crippen LogP contribution is -2.22. The van der Waals surface area contributed by atoms with Gasteiger partial charge in [-0.15, -0.1) is 0 Å². The number of hydrogen-bond donors (Lipinski definition) is 1. The van der Waals surface area contributed by atoms with Gasteiger partial charge in [0.15, 0.2) is 0 Å². The van der Waals surface area contributed by atoms with E-state index >= 15 is 0 Å². The summed E-state index contributed by atoms with van der Waals surface area (Å²) in [5.74, 6) is -0.122. The van der Waals surface area contributed by atoms with E-state index in [1.165, 1.54) is 18.1 Å². The van der Waals surface area contributed by atoms with Crippen molar-refractivity contribution in [1.82, 2.24) is 5.32 Å². The Labute approximate surface area is 108 Å². The van der Waals surface area contributed by atoms with Crippen LogP contribution in [0.3, 0.4) is 0 Å². The number of alkyl halides is 1. The normalized spacial score (nSPS) is 10.2. The largest absolute Gasteiger partial charge is 0.472 e. The molecule has 0 unspecified atom stereocenters. The van der Waals surface area contributed by atoms with Gasteiger partial charge in [0.25, 0.3) is 5.91 Å². The first-order valence-corrected chi connectivity index (χ1v) is 6.36. The fourth-order valence-electron chi connectivity index (χ4n) is 1.42. The molecule has 0 radical (unpaired) electrons. The van der Waals surface area contributed by atoms with Gasteiger partial charge in [0.05, 0.1) is 11.8 Å². The predicted molar refractivity (Wildman–Crippen MR) is 69.0 cm³/mol. The van der Waals surface area contributed by atoms with E-state index in [1.807, 2.05) is 24.3 Å². The molecule has 2 aromatic rings. The second kappa shape index (κ2) is 5.68. The van der Waals surface area contributed by atoms with Crippen LogP contribution in [0, 0.1) is 0 Å². The molecule has 4 heteroatoms. The van der Waals surface area contributed by atoms with Crippen molar-refractivity contribution in [3.63, 3.8) is 0 Å². The van der Waals surface area contributed by atoms with Gasteiger partial charge in [-0.25, -0.2) is 0 Å². The first kappa shape index (κ1) is 11.9. The predicted octanol–water partition coefficient (Wildman–Crippen LogP) is 3.10. The monoisotopic (exact) mass is 293 g/mol. The highest BCUT2D eigenvalue weighted by Crippen LogP contribution is 2.08. The van der Waals surface area contributed by atoms with Gasteiger partial charge < -0.3 is 9.73 Å². The van der Waals surface area contributed by atoms with E-state index in [2.05, 4.69) is 21.2 Å². The molecule has 1 N–H and O–H groups in total. The summed E-state index contributed by atoms with van der Waals surface area (Å²) in [7, 11) is 0. The molecular weight excluding hydrogens is 282 g/mol. The number of carbonyl (C=O) groups is 1. The van der Waals surface area contributed by atoms with Crippen LogP contribution in [-0.2, 0) is 11.9 Å². The van der Waals surface area contributed by atoms with Crippen LogP contribution in [0.2, 0.25) is 0 Å². The Morgan fingerprint density at radius 3 is 2.47 bits per heavy atom. The number of furan rings is 1. The van der Waals surface area contributed by atoms with E-state index in [0.29, 0.717) is 12.1 Å². The van der Waals surface area contributed by atoms with E-state index < -0.39 is 0 Å². The molecule has 0 fully saturated rings. The third kappa shape index (κ3) is 3.20.